The highest BCUT2D eigenvalue weighted by molar-refractivity contribution is 5.71. The average molecular weight is 210 g/mol. The molecule has 0 fully saturated rings. The normalized spacial score (nSPS) is 13.0. The fourth-order valence-corrected chi connectivity index (χ4v) is 2.50. The lowest BCUT2D eigenvalue weighted by molar-refractivity contribution is 0.924. The Bertz CT molecular complexity index is 517. The van der Waals surface area contributed by atoms with Crippen LogP contribution in [0.1, 0.15) is 11.1 Å². The minimum Gasteiger partial charge on any atom is -0.322 e. The van der Waals surface area contributed by atoms with Gasteiger partial charge in [0.15, 0.2) is 0 Å². The van der Waals surface area contributed by atoms with Crippen molar-refractivity contribution in [2.75, 3.05) is 0 Å². The molecule has 80 valence electrons. The Morgan fingerprint density at radius 2 is 1.31 bits per heavy atom. The molecule has 0 aromatic carbocycles. The molecular formula is C14H14N2. The fourth-order valence-electron chi connectivity index (χ4n) is 2.50. The SMILES string of the molecule is C=Cn1ccc2c1-c1c(ccn1C=C)CC2. The number of fused-ring (bicyclic) bond motifs is 3. The molecule has 2 heteroatoms. The summed E-state index contributed by atoms with van der Waals surface area (Å²) in [5.74, 6) is 0. The van der Waals surface area contributed by atoms with Crippen molar-refractivity contribution >= 4 is 12.4 Å². The van der Waals surface area contributed by atoms with Crippen LogP contribution in [-0.4, -0.2) is 9.13 Å². The molecule has 0 atom stereocenters. The average Bonchev–Trinajstić information content (AvgIpc) is 2.91. The molecule has 0 saturated heterocycles. The second-order valence-electron chi connectivity index (χ2n) is 4.06. The standard InChI is InChI=1S/C14H14N2/c1-3-15-9-7-11-5-6-12-8-10-16(4-2)14(12)13(11)15/h3-4,7-10H,1-2,5-6H2. The van der Waals surface area contributed by atoms with Crippen LogP contribution in [0.25, 0.3) is 23.8 Å². The van der Waals surface area contributed by atoms with E-state index in [2.05, 4.69) is 46.8 Å². The third-order valence-electron chi connectivity index (χ3n) is 3.28. The molecule has 16 heavy (non-hydrogen) atoms. The first-order valence-corrected chi connectivity index (χ1v) is 5.50. The molecule has 0 N–H and O–H groups in total. The molecule has 2 heterocycles. The monoisotopic (exact) mass is 210 g/mol. The van der Waals surface area contributed by atoms with E-state index in [1.807, 2.05) is 12.4 Å². The summed E-state index contributed by atoms with van der Waals surface area (Å²) < 4.78 is 4.18. The molecule has 0 unspecified atom stereocenters. The van der Waals surface area contributed by atoms with Crippen molar-refractivity contribution in [3.8, 4) is 11.4 Å². The lowest BCUT2D eigenvalue weighted by Crippen LogP contribution is -2.05. The zero-order valence-electron chi connectivity index (χ0n) is 9.19. The molecule has 0 aliphatic heterocycles. The molecule has 3 rings (SSSR count). The molecule has 0 radical (unpaired) electrons. The van der Waals surface area contributed by atoms with E-state index in [4.69, 9.17) is 0 Å². The molecule has 0 bridgehead atoms. The first-order valence-electron chi connectivity index (χ1n) is 5.50. The Balaban J connectivity index is 2.34. The molecule has 2 aromatic rings. The predicted molar refractivity (Wildman–Crippen MR) is 68.0 cm³/mol. The summed E-state index contributed by atoms with van der Waals surface area (Å²) in [7, 11) is 0. The number of aromatic nitrogens is 2. The number of rotatable bonds is 2. The Labute approximate surface area is 95.1 Å². The highest BCUT2D eigenvalue weighted by atomic mass is 15.0. The van der Waals surface area contributed by atoms with E-state index in [0.29, 0.717) is 0 Å². The van der Waals surface area contributed by atoms with Gasteiger partial charge in [-0.05, 0) is 36.1 Å². The molecular weight excluding hydrogens is 196 g/mol. The Morgan fingerprint density at radius 1 is 0.875 bits per heavy atom. The lowest BCUT2D eigenvalue weighted by Gasteiger charge is -2.17. The van der Waals surface area contributed by atoms with Crippen molar-refractivity contribution in [2.24, 2.45) is 0 Å². The molecule has 0 amide bonds. The minimum absolute atomic E-state index is 1.12. The summed E-state index contributed by atoms with van der Waals surface area (Å²) in [6, 6.07) is 4.36. The summed E-state index contributed by atoms with van der Waals surface area (Å²) in [4.78, 5) is 0. The summed E-state index contributed by atoms with van der Waals surface area (Å²) in [5, 5.41) is 0. The van der Waals surface area contributed by atoms with E-state index in [-0.39, 0.29) is 0 Å². The first-order chi connectivity index (χ1) is 7.85. The van der Waals surface area contributed by atoms with Crippen LogP contribution in [0.2, 0.25) is 0 Å². The fraction of sp³-hybridized carbons (Fsp3) is 0.143. The van der Waals surface area contributed by atoms with Crippen LogP contribution in [0.4, 0.5) is 0 Å². The van der Waals surface area contributed by atoms with Gasteiger partial charge in [0.1, 0.15) is 0 Å². The van der Waals surface area contributed by atoms with Crippen LogP contribution in [0.5, 0.6) is 0 Å². The number of aryl methyl sites for hydroxylation is 2. The van der Waals surface area contributed by atoms with Gasteiger partial charge in [-0.25, -0.2) is 0 Å². The van der Waals surface area contributed by atoms with E-state index in [9.17, 15) is 0 Å². The molecule has 1 aliphatic rings. The van der Waals surface area contributed by atoms with Gasteiger partial charge in [-0.2, -0.15) is 0 Å². The van der Waals surface area contributed by atoms with E-state index < -0.39 is 0 Å². The Morgan fingerprint density at radius 3 is 1.69 bits per heavy atom. The van der Waals surface area contributed by atoms with E-state index in [1.165, 1.54) is 22.5 Å². The maximum Gasteiger partial charge on any atom is 0.0727 e. The number of hydrogen-bond donors (Lipinski definition) is 0. The van der Waals surface area contributed by atoms with Crippen LogP contribution in [0.15, 0.2) is 37.7 Å². The first kappa shape index (κ1) is 9.28. The molecule has 2 nitrogen and oxygen atoms in total. The Kier molecular flexibility index (Phi) is 1.90. The van der Waals surface area contributed by atoms with E-state index in [1.54, 1.807) is 0 Å². The third-order valence-corrected chi connectivity index (χ3v) is 3.28. The summed E-state index contributed by atoms with van der Waals surface area (Å²) in [6.07, 6.45) is 10.1. The van der Waals surface area contributed by atoms with Crippen LogP contribution >= 0.6 is 0 Å². The van der Waals surface area contributed by atoms with Crippen LogP contribution in [0.3, 0.4) is 0 Å². The lowest BCUT2D eigenvalue weighted by atomic mass is 9.96. The van der Waals surface area contributed by atoms with Gasteiger partial charge in [0.2, 0.25) is 0 Å². The molecule has 0 saturated carbocycles. The molecule has 0 spiro atoms. The maximum atomic E-state index is 3.85. The van der Waals surface area contributed by atoms with Crippen LogP contribution in [-0.2, 0) is 12.8 Å². The number of nitrogens with zero attached hydrogens (tertiary/aromatic N) is 2. The maximum absolute atomic E-state index is 3.85. The minimum atomic E-state index is 1.12. The third kappa shape index (κ3) is 1.07. The summed E-state index contributed by atoms with van der Waals surface area (Å²) >= 11 is 0. The van der Waals surface area contributed by atoms with Crippen molar-refractivity contribution in [3.05, 3.63) is 48.8 Å². The van der Waals surface area contributed by atoms with Crippen molar-refractivity contribution < 1.29 is 0 Å². The van der Waals surface area contributed by atoms with Crippen molar-refractivity contribution in [1.82, 2.24) is 9.13 Å². The smallest absolute Gasteiger partial charge is 0.0727 e. The summed E-state index contributed by atoms with van der Waals surface area (Å²) in [6.45, 7) is 7.70. The van der Waals surface area contributed by atoms with Gasteiger partial charge in [0, 0.05) is 24.8 Å². The van der Waals surface area contributed by atoms with Crippen LogP contribution in [0, 0.1) is 0 Å². The predicted octanol–water partition coefficient (Wildman–Crippen LogP) is 3.26. The molecule has 2 aromatic heterocycles. The van der Waals surface area contributed by atoms with Crippen molar-refractivity contribution in [1.29, 1.82) is 0 Å². The number of hydrogen-bond acceptors (Lipinski definition) is 0. The summed E-state index contributed by atoms with van der Waals surface area (Å²) in [5.41, 5.74) is 5.32. The van der Waals surface area contributed by atoms with Gasteiger partial charge < -0.3 is 9.13 Å². The van der Waals surface area contributed by atoms with E-state index in [0.717, 1.165) is 12.8 Å². The largest absolute Gasteiger partial charge is 0.322 e. The Hall–Kier alpha value is -1.96. The van der Waals surface area contributed by atoms with Gasteiger partial charge >= 0.3 is 0 Å². The van der Waals surface area contributed by atoms with Gasteiger partial charge in [-0.3, -0.25) is 0 Å². The zero-order valence-corrected chi connectivity index (χ0v) is 9.19. The molecule has 1 aliphatic carbocycles. The van der Waals surface area contributed by atoms with Gasteiger partial charge in [-0.15, -0.1) is 0 Å². The van der Waals surface area contributed by atoms with Crippen molar-refractivity contribution in [2.45, 2.75) is 12.8 Å². The van der Waals surface area contributed by atoms with Crippen molar-refractivity contribution in [3.63, 3.8) is 0 Å². The highest BCUT2D eigenvalue weighted by Gasteiger charge is 2.21. The second kappa shape index (κ2) is 3.27. The van der Waals surface area contributed by atoms with Gasteiger partial charge in [0.05, 0.1) is 11.4 Å². The zero-order chi connectivity index (χ0) is 11.1. The van der Waals surface area contributed by atoms with Gasteiger partial charge in [-0.1, -0.05) is 13.2 Å². The quantitative estimate of drug-likeness (QED) is 0.720. The highest BCUT2D eigenvalue weighted by Crippen LogP contribution is 2.35. The van der Waals surface area contributed by atoms with Crippen LogP contribution < -0.4 is 0 Å². The van der Waals surface area contributed by atoms with Gasteiger partial charge in [0.25, 0.3) is 0 Å². The van der Waals surface area contributed by atoms with E-state index >= 15 is 0 Å². The topological polar surface area (TPSA) is 9.86 Å². The second-order valence-corrected chi connectivity index (χ2v) is 4.06.